The minimum Gasteiger partial charge on any atom is -0.207 e. The lowest BCUT2D eigenvalue weighted by atomic mass is 9.68. The third-order valence-corrected chi connectivity index (χ3v) is 5.23. The number of aryl methyl sites for hydroxylation is 1. The molecule has 0 radical (unpaired) electrons. The Hall–Kier alpha value is -1.05. The Balaban J connectivity index is 2.04. The van der Waals surface area contributed by atoms with Crippen molar-refractivity contribution in [2.45, 2.75) is 31.1 Å². The van der Waals surface area contributed by atoms with Crippen LogP contribution in [0.15, 0.2) is 42.5 Å². The number of hydrogen-bond donors (Lipinski definition) is 0. The lowest BCUT2D eigenvalue weighted by Crippen LogP contribution is -2.35. The van der Waals surface area contributed by atoms with E-state index >= 15 is 0 Å². The first-order valence-corrected chi connectivity index (χ1v) is 8.14. The smallest absolute Gasteiger partial charge is 0.126 e. The van der Waals surface area contributed by atoms with Crippen molar-refractivity contribution in [2.24, 2.45) is 0 Å². The van der Waals surface area contributed by atoms with Crippen LogP contribution in [-0.2, 0) is 18.3 Å². The van der Waals surface area contributed by atoms with Crippen molar-refractivity contribution in [2.75, 3.05) is 5.88 Å². The molecule has 1 atom stereocenters. The Morgan fingerprint density at radius 2 is 1.95 bits per heavy atom. The summed E-state index contributed by atoms with van der Waals surface area (Å²) >= 11 is 12.4. The van der Waals surface area contributed by atoms with E-state index < -0.39 is 0 Å². The van der Waals surface area contributed by atoms with E-state index in [0.29, 0.717) is 22.9 Å². The molecule has 3 rings (SSSR count). The zero-order chi connectivity index (χ0) is 14.9. The van der Waals surface area contributed by atoms with Crippen LogP contribution in [0, 0.1) is 5.82 Å². The van der Waals surface area contributed by atoms with Crippen LogP contribution in [0.2, 0.25) is 5.02 Å². The van der Waals surface area contributed by atoms with Gasteiger partial charge in [-0.2, -0.15) is 0 Å². The van der Waals surface area contributed by atoms with Gasteiger partial charge in [-0.1, -0.05) is 35.9 Å². The average Bonchev–Trinajstić information content (AvgIpc) is 2.51. The molecule has 2 aromatic rings. The van der Waals surface area contributed by atoms with Crippen LogP contribution >= 0.6 is 23.2 Å². The van der Waals surface area contributed by atoms with Gasteiger partial charge in [0, 0.05) is 16.3 Å². The SMILES string of the molecule is Fc1ccc(Cl)cc1CC1(CCl)CCCc2ccccc21. The Bertz CT molecular complexity index is 653. The topological polar surface area (TPSA) is 0 Å². The highest BCUT2D eigenvalue weighted by atomic mass is 35.5. The van der Waals surface area contributed by atoms with Crippen LogP contribution in [0.25, 0.3) is 0 Å². The van der Waals surface area contributed by atoms with E-state index in [0.717, 1.165) is 19.3 Å². The highest BCUT2D eigenvalue weighted by Crippen LogP contribution is 2.41. The van der Waals surface area contributed by atoms with Crippen LogP contribution in [0.1, 0.15) is 29.5 Å². The quantitative estimate of drug-likeness (QED) is 0.651. The number of alkyl halides is 1. The van der Waals surface area contributed by atoms with Gasteiger partial charge in [0.2, 0.25) is 0 Å². The van der Waals surface area contributed by atoms with Crippen LogP contribution in [0.5, 0.6) is 0 Å². The first-order valence-electron chi connectivity index (χ1n) is 7.23. The van der Waals surface area contributed by atoms with Crippen molar-refractivity contribution in [3.8, 4) is 0 Å². The maximum atomic E-state index is 14.1. The van der Waals surface area contributed by atoms with Crippen molar-refractivity contribution < 1.29 is 4.39 Å². The van der Waals surface area contributed by atoms with Crippen LogP contribution < -0.4 is 0 Å². The minimum atomic E-state index is -0.202. The summed E-state index contributed by atoms with van der Waals surface area (Å²) in [5.41, 5.74) is 3.07. The maximum absolute atomic E-state index is 14.1. The first kappa shape index (κ1) is 14.9. The summed E-state index contributed by atoms with van der Waals surface area (Å²) in [5, 5.41) is 0.570. The number of hydrogen-bond acceptors (Lipinski definition) is 0. The van der Waals surface area contributed by atoms with Crippen LogP contribution in [-0.4, -0.2) is 5.88 Å². The number of fused-ring (bicyclic) bond motifs is 1. The van der Waals surface area contributed by atoms with Gasteiger partial charge in [0.1, 0.15) is 5.82 Å². The molecule has 0 saturated heterocycles. The Morgan fingerprint density at radius 1 is 1.14 bits per heavy atom. The van der Waals surface area contributed by atoms with Gasteiger partial charge in [-0.3, -0.25) is 0 Å². The first-order chi connectivity index (χ1) is 10.1. The van der Waals surface area contributed by atoms with E-state index in [-0.39, 0.29) is 11.2 Å². The molecule has 0 saturated carbocycles. The molecular weight excluding hydrogens is 306 g/mol. The third kappa shape index (κ3) is 2.82. The molecule has 0 amide bonds. The summed E-state index contributed by atoms with van der Waals surface area (Å²) < 4.78 is 14.1. The van der Waals surface area contributed by atoms with Crippen molar-refractivity contribution in [1.82, 2.24) is 0 Å². The van der Waals surface area contributed by atoms with Crippen molar-refractivity contribution >= 4 is 23.2 Å². The third-order valence-electron chi connectivity index (χ3n) is 4.48. The predicted molar refractivity (Wildman–Crippen MR) is 86.9 cm³/mol. The second kappa shape index (κ2) is 5.98. The molecule has 0 fully saturated rings. The lowest BCUT2D eigenvalue weighted by Gasteiger charge is -2.38. The molecule has 1 unspecified atom stereocenters. The van der Waals surface area contributed by atoms with Crippen LogP contribution in [0.4, 0.5) is 4.39 Å². The predicted octanol–water partition coefficient (Wildman–Crippen LogP) is 5.53. The summed E-state index contributed by atoms with van der Waals surface area (Å²) in [6, 6.07) is 13.1. The largest absolute Gasteiger partial charge is 0.207 e. The van der Waals surface area contributed by atoms with E-state index in [4.69, 9.17) is 23.2 Å². The van der Waals surface area contributed by atoms with Gasteiger partial charge in [0.05, 0.1) is 0 Å². The van der Waals surface area contributed by atoms with Crippen LogP contribution in [0.3, 0.4) is 0 Å². The number of benzene rings is 2. The molecule has 0 aromatic heterocycles. The summed E-state index contributed by atoms with van der Waals surface area (Å²) in [5.74, 6) is 0.294. The molecule has 0 nitrogen and oxygen atoms in total. The monoisotopic (exact) mass is 322 g/mol. The molecule has 0 bridgehead atoms. The van der Waals surface area contributed by atoms with Gasteiger partial charge in [0.15, 0.2) is 0 Å². The Kier molecular flexibility index (Phi) is 4.24. The van der Waals surface area contributed by atoms with Gasteiger partial charge >= 0.3 is 0 Å². The number of halogens is 3. The maximum Gasteiger partial charge on any atom is 0.126 e. The molecule has 21 heavy (non-hydrogen) atoms. The Labute approximate surface area is 134 Å². The average molecular weight is 323 g/mol. The normalized spacial score (nSPS) is 21.1. The molecular formula is C18H17Cl2F. The molecule has 0 spiro atoms. The highest BCUT2D eigenvalue weighted by Gasteiger charge is 2.36. The highest BCUT2D eigenvalue weighted by molar-refractivity contribution is 6.30. The zero-order valence-electron chi connectivity index (χ0n) is 11.7. The fourth-order valence-corrected chi connectivity index (χ4v) is 3.99. The fourth-order valence-electron chi connectivity index (χ4n) is 3.42. The summed E-state index contributed by atoms with van der Waals surface area (Å²) in [6.45, 7) is 0. The lowest BCUT2D eigenvalue weighted by molar-refractivity contribution is 0.390. The molecule has 1 aliphatic carbocycles. The van der Waals surface area contributed by atoms with Crippen molar-refractivity contribution in [1.29, 1.82) is 0 Å². The minimum absolute atomic E-state index is 0.193. The molecule has 2 aromatic carbocycles. The van der Waals surface area contributed by atoms with Crippen molar-refractivity contribution in [3.63, 3.8) is 0 Å². The molecule has 1 aliphatic rings. The summed E-state index contributed by atoms with van der Waals surface area (Å²) in [7, 11) is 0. The van der Waals surface area contributed by atoms with Gasteiger partial charge in [-0.25, -0.2) is 4.39 Å². The van der Waals surface area contributed by atoms with E-state index in [1.807, 2.05) is 6.07 Å². The van der Waals surface area contributed by atoms with E-state index in [1.165, 1.54) is 17.2 Å². The Morgan fingerprint density at radius 3 is 2.76 bits per heavy atom. The molecule has 0 N–H and O–H groups in total. The number of rotatable bonds is 3. The second-order valence-corrected chi connectivity index (χ2v) is 6.54. The zero-order valence-corrected chi connectivity index (χ0v) is 13.2. The van der Waals surface area contributed by atoms with Gasteiger partial charge in [-0.05, 0) is 60.6 Å². The molecule has 3 heteroatoms. The van der Waals surface area contributed by atoms with Gasteiger partial charge in [0.25, 0.3) is 0 Å². The van der Waals surface area contributed by atoms with E-state index in [2.05, 4.69) is 18.2 Å². The van der Waals surface area contributed by atoms with Gasteiger partial charge < -0.3 is 0 Å². The van der Waals surface area contributed by atoms with Gasteiger partial charge in [-0.15, -0.1) is 11.6 Å². The molecule has 0 aliphatic heterocycles. The van der Waals surface area contributed by atoms with E-state index in [1.54, 1.807) is 12.1 Å². The molecule has 0 heterocycles. The summed E-state index contributed by atoms with van der Waals surface area (Å²) in [6.07, 6.45) is 3.75. The summed E-state index contributed by atoms with van der Waals surface area (Å²) in [4.78, 5) is 0. The standard InChI is InChI=1S/C18H17Cl2F/c19-12-18(11-14-10-15(20)7-8-17(14)21)9-3-5-13-4-1-2-6-16(13)18/h1-2,4,6-8,10H,3,5,9,11-12H2. The second-order valence-electron chi connectivity index (χ2n) is 5.84. The van der Waals surface area contributed by atoms with Crippen molar-refractivity contribution in [3.05, 3.63) is 70.0 Å². The molecule has 110 valence electrons. The fraction of sp³-hybridized carbons (Fsp3) is 0.333. The van der Waals surface area contributed by atoms with E-state index in [9.17, 15) is 4.39 Å².